The zero-order valence-corrected chi connectivity index (χ0v) is 22.3. The van der Waals surface area contributed by atoms with E-state index < -0.39 is 17.5 Å². The van der Waals surface area contributed by atoms with Crippen molar-refractivity contribution in [2.45, 2.75) is 32.7 Å². The molecule has 0 unspecified atom stereocenters. The third kappa shape index (κ3) is 7.07. The maximum Gasteiger partial charge on any atom is 0.239 e. The molecule has 12 heteroatoms. The zero-order chi connectivity index (χ0) is 28.5. The van der Waals surface area contributed by atoms with Gasteiger partial charge in [-0.15, -0.1) is 0 Å². The molecule has 0 radical (unpaired) electrons. The van der Waals surface area contributed by atoms with Crippen LogP contribution >= 0.6 is 0 Å². The molecule has 0 aliphatic rings. The topological polar surface area (TPSA) is 123 Å². The number of aliphatic hydroxyl groups excluding tert-OH is 1. The van der Waals surface area contributed by atoms with Gasteiger partial charge in [-0.2, -0.15) is 5.10 Å². The Bertz CT molecular complexity index is 1430. The van der Waals surface area contributed by atoms with Crippen LogP contribution in [0.1, 0.15) is 26.2 Å². The third-order valence-electron chi connectivity index (χ3n) is 6.23. The number of carbonyl (C=O) groups is 1. The standard InChI is InChI=1S/C28H33F2N7O3/c1-2-10-35(11-4-13-38)12-5-14-40-21-8-9-22-24(15-21)32-19-33-28(22)37(25-7-3-6-23(29)27(25)30)20-16-34-36(17-20)18-26(31)39/h3,6-9,15-17,19,38H,2,4-5,10-14,18H2,1H3,(H2,31,39). The number of carbonyl (C=O) groups excluding carboxylic acids is 1. The summed E-state index contributed by atoms with van der Waals surface area (Å²) in [5, 5.41) is 13.8. The van der Waals surface area contributed by atoms with Gasteiger partial charge < -0.3 is 20.5 Å². The van der Waals surface area contributed by atoms with E-state index in [2.05, 4.69) is 26.9 Å². The molecule has 0 saturated heterocycles. The SMILES string of the molecule is CCCN(CCCO)CCCOc1ccc2c(N(c3cnn(CC(N)=O)c3)c3cccc(F)c3F)ncnc2c1. The second kappa shape index (κ2) is 13.8. The van der Waals surface area contributed by atoms with Gasteiger partial charge in [-0.3, -0.25) is 14.4 Å². The first-order chi connectivity index (χ1) is 19.4. The molecule has 40 heavy (non-hydrogen) atoms. The summed E-state index contributed by atoms with van der Waals surface area (Å²) in [7, 11) is 0. The highest BCUT2D eigenvalue weighted by Crippen LogP contribution is 2.39. The summed E-state index contributed by atoms with van der Waals surface area (Å²) in [6.07, 6.45) is 6.87. The molecule has 0 spiro atoms. The molecule has 0 fully saturated rings. The van der Waals surface area contributed by atoms with E-state index in [-0.39, 0.29) is 18.8 Å². The highest BCUT2D eigenvalue weighted by Gasteiger charge is 2.23. The molecule has 0 atom stereocenters. The molecule has 2 heterocycles. The van der Waals surface area contributed by atoms with Crippen LogP contribution < -0.4 is 15.4 Å². The van der Waals surface area contributed by atoms with Crippen molar-refractivity contribution in [3.63, 3.8) is 0 Å². The smallest absolute Gasteiger partial charge is 0.239 e. The van der Waals surface area contributed by atoms with E-state index in [0.29, 0.717) is 34.8 Å². The Morgan fingerprint density at radius 3 is 2.73 bits per heavy atom. The first kappa shape index (κ1) is 28.8. The molecule has 2 aromatic heterocycles. The van der Waals surface area contributed by atoms with Crippen molar-refractivity contribution in [3.8, 4) is 5.75 Å². The number of hydrogen-bond donors (Lipinski definition) is 2. The molecular weight excluding hydrogens is 520 g/mol. The number of primary amides is 1. The minimum Gasteiger partial charge on any atom is -0.493 e. The average Bonchev–Trinajstić information content (AvgIpc) is 3.39. The number of aromatic nitrogens is 4. The molecule has 0 aliphatic carbocycles. The minimum atomic E-state index is -1.06. The lowest BCUT2D eigenvalue weighted by Crippen LogP contribution is -2.28. The number of aliphatic hydroxyl groups is 1. The van der Waals surface area contributed by atoms with Crippen LogP contribution in [0.4, 0.5) is 26.0 Å². The Balaban J connectivity index is 1.60. The number of amides is 1. The largest absolute Gasteiger partial charge is 0.493 e. The van der Waals surface area contributed by atoms with Gasteiger partial charge in [0.1, 0.15) is 24.4 Å². The second-order valence-corrected chi connectivity index (χ2v) is 9.27. The lowest BCUT2D eigenvalue weighted by atomic mass is 10.2. The van der Waals surface area contributed by atoms with Gasteiger partial charge >= 0.3 is 0 Å². The number of nitrogens with two attached hydrogens (primary N) is 1. The normalized spacial score (nSPS) is 11.3. The summed E-state index contributed by atoms with van der Waals surface area (Å²) in [6.45, 7) is 5.32. The average molecular weight is 554 g/mol. The number of rotatable bonds is 15. The third-order valence-corrected chi connectivity index (χ3v) is 6.23. The van der Waals surface area contributed by atoms with Crippen LogP contribution in [-0.4, -0.2) is 68.5 Å². The quantitative estimate of drug-likeness (QED) is 0.213. The summed E-state index contributed by atoms with van der Waals surface area (Å²) < 4.78 is 36.6. The summed E-state index contributed by atoms with van der Waals surface area (Å²) in [5.74, 6) is -1.77. The van der Waals surface area contributed by atoms with Gasteiger partial charge in [0, 0.05) is 37.3 Å². The van der Waals surface area contributed by atoms with E-state index in [0.717, 1.165) is 45.0 Å². The van der Waals surface area contributed by atoms with Crippen molar-refractivity contribution in [1.29, 1.82) is 0 Å². The van der Waals surface area contributed by atoms with Crippen LogP contribution in [0, 0.1) is 11.6 Å². The monoisotopic (exact) mass is 553 g/mol. The minimum absolute atomic E-state index is 0.0863. The lowest BCUT2D eigenvalue weighted by molar-refractivity contribution is -0.118. The lowest BCUT2D eigenvalue weighted by Gasteiger charge is -2.24. The molecule has 10 nitrogen and oxygen atoms in total. The Morgan fingerprint density at radius 2 is 1.95 bits per heavy atom. The van der Waals surface area contributed by atoms with E-state index in [1.54, 1.807) is 18.2 Å². The van der Waals surface area contributed by atoms with Crippen LogP contribution in [0.2, 0.25) is 0 Å². The Hall–Kier alpha value is -4.16. The number of nitrogens with zero attached hydrogens (tertiary/aromatic N) is 6. The summed E-state index contributed by atoms with van der Waals surface area (Å²) in [4.78, 5) is 23.9. The van der Waals surface area contributed by atoms with Gasteiger partial charge in [0.15, 0.2) is 11.6 Å². The molecule has 4 rings (SSSR count). The Labute approximate surface area is 231 Å². The predicted molar refractivity (Wildman–Crippen MR) is 148 cm³/mol. The Kier molecular flexibility index (Phi) is 9.92. The summed E-state index contributed by atoms with van der Waals surface area (Å²) in [6, 6.07) is 9.17. The summed E-state index contributed by atoms with van der Waals surface area (Å²) in [5.41, 5.74) is 6.10. The van der Waals surface area contributed by atoms with E-state index in [1.165, 1.54) is 40.4 Å². The van der Waals surface area contributed by atoms with Gasteiger partial charge in [0.2, 0.25) is 5.91 Å². The van der Waals surface area contributed by atoms with E-state index in [4.69, 9.17) is 15.6 Å². The van der Waals surface area contributed by atoms with E-state index in [1.807, 2.05) is 0 Å². The number of anilines is 3. The van der Waals surface area contributed by atoms with Crippen molar-refractivity contribution in [1.82, 2.24) is 24.6 Å². The summed E-state index contributed by atoms with van der Waals surface area (Å²) >= 11 is 0. The fraction of sp³-hybridized carbons (Fsp3) is 0.357. The molecular formula is C28H33F2N7O3. The van der Waals surface area contributed by atoms with Crippen molar-refractivity contribution in [2.24, 2.45) is 5.73 Å². The van der Waals surface area contributed by atoms with Gasteiger partial charge in [-0.1, -0.05) is 13.0 Å². The highest BCUT2D eigenvalue weighted by molar-refractivity contribution is 5.95. The molecule has 0 saturated carbocycles. The maximum atomic E-state index is 15.1. The number of ether oxygens (including phenoxy) is 1. The van der Waals surface area contributed by atoms with Crippen LogP contribution in [0.15, 0.2) is 55.1 Å². The van der Waals surface area contributed by atoms with Crippen molar-refractivity contribution in [2.75, 3.05) is 37.7 Å². The number of benzene rings is 2. The second-order valence-electron chi connectivity index (χ2n) is 9.27. The first-order valence-corrected chi connectivity index (χ1v) is 13.2. The molecule has 4 aromatic rings. The fourth-order valence-electron chi connectivity index (χ4n) is 4.47. The van der Waals surface area contributed by atoms with Crippen molar-refractivity contribution < 1.29 is 23.4 Å². The number of halogens is 2. The predicted octanol–water partition coefficient (Wildman–Crippen LogP) is 3.92. The maximum absolute atomic E-state index is 15.1. The van der Waals surface area contributed by atoms with Crippen molar-refractivity contribution >= 4 is 34.0 Å². The molecule has 3 N–H and O–H groups in total. The number of fused-ring (bicyclic) bond motifs is 1. The zero-order valence-electron chi connectivity index (χ0n) is 22.3. The van der Waals surface area contributed by atoms with Gasteiger partial charge in [-0.05, 0) is 50.1 Å². The molecule has 0 bridgehead atoms. The van der Waals surface area contributed by atoms with E-state index in [9.17, 15) is 9.18 Å². The molecule has 2 aromatic carbocycles. The van der Waals surface area contributed by atoms with Gasteiger partial charge in [-0.25, -0.2) is 18.7 Å². The van der Waals surface area contributed by atoms with Crippen LogP contribution in [-0.2, 0) is 11.3 Å². The van der Waals surface area contributed by atoms with Gasteiger partial charge in [0.05, 0.1) is 29.7 Å². The van der Waals surface area contributed by atoms with Crippen LogP contribution in [0.5, 0.6) is 5.75 Å². The highest BCUT2D eigenvalue weighted by atomic mass is 19.2. The van der Waals surface area contributed by atoms with Crippen molar-refractivity contribution in [3.05, 3.63) is 66.8 Å². The molecule has 0 aliphatic heterocycles. The Morgan fingerprint density at radius 1 is 1.12 bits per heavy atom. The van der Waals surface area contributed by atoms with Gasteiger partial charge in [0.25, 0.3) is 0 Å². The first-order valence-electron chi connectivity index (χ1n) is 13.2. The van der Waals surface area contributed by atoms with Crippen LogP contribution in [0.3, 0.4) is 0 Å². The van der Waals surface area contributed by atoms with Crippen LogP contribution in [0.25, 0.3) is 10.9 Å². The fourth-order valence-corrected chi connectivity index (χ4v) is 4.47. The number of hydrogen-bond acceptors (Lipinski definition) is 8. The molecule has 212 valence electrons. The molecule has 1 amide bonds. The van der Waals surface area contributed by atoms with E-state index >= 15 is 4.39 Å².